The number of nitrogens with zero attached hydrogens (tertiary/aromatic N) is 3. The van der Waals surface area contributed by atoms with E-state index in [1.54, 1.807) is 6.08 Å². The van der Waals surface area contributed by atoms with E-state index in [2.05, 4.69) is 44.0 Å². The lowest BCUT2D eigenvalue weighted by atomic mass is 9.84. The van der Waals surface area contributed by atoms with Crippen LogP contribution in [-0.2, 0) is 0 Å². The summed E-state index contributed by atoms with van der Waals surface area (Å²) in [6.45, 7) is 0. The first kappa shape index (κ1) is 20.4. The van der Waals surface area contributed by atoms with Gasteiger partial charge >= 0.3 is 0 Å². The van der Waals surface area contributed by atoms with Gasteiger partial charge in [-0.2, -0.15) is 10.5 Å². The number of fused-ring (bicyclic) bond motifs is 1. The van der Waals surface area contributed by atoms with Gasteiger partial charge in [0.25, 0.3) is 5.56 Å². The molecule has 1 aromatic heterocycles. The number of nitriles is 2. The molecular weight excluding hydrogens is 528 g/mol. The van der Waals surface area contributed by atoms with E-state index in [-0.39, 0.29) is 17.0 Å². The lowest BCUT2D eigenvalue weighted by Crippen LogP contribution is -2.38. The van der Waals surface area contributed by atoms with Crippen LogP contribution in [0.4, 0.5) is 0 Å². The van der Waals surface area contributed by atoms with Gasteiger partial charge in [-0.05, 0) is 41.5 Å². The zero-order valence-corrected chi connectivity index (χ0v) is 19.3. The maximum absolute atomic E-state index is 13.1. The summed E-state index contributed by atoms with van der Waals surface area (Å²) in [5.74, 6) is -0.569. The summed E-state index contributed by atoms with van der Waals surface area (Å²) in [5.41, 5.74) is 8.05. The average molecular weight is 540 g/mol. The molecule has 146 valence electrons. The second-order valence-electron chi connectivity index (χ2n) is 6.54. The summed E-state index contributed by atoms with van der Waals surface area (Å²) in [6, 6.07) is 19.3. The van der Waals surface area contributed by atoms with Crippen molar-refractivity contribution in [2.45, 2.75) is 5.92 Å². The van der Waals surface area contributed by atoms with Crippen molar-refractivity contribution >= 4 is 60.7 Å². The van der Waals surface area contributed by atoms with Crippen LogP contribution < -0.4 is 20.5 Å². The molecule has 0 saturated carbocycles. The molecule has 5 nitrogen and oxygen atoms in total. The van der Waals surface area contributed by atoms with Gasteiger partial charge in [0, 0.05) is 8.95 Å². The first-order valence-electron chi connectivity index (χ1n) is 8.73. The van der Waals surface area contributed by atoms with Crippen molar-refractivity contribution in [3.8, 4) is 12.1 Å². The fourth-order valence-corrected chi connectivity index (χ4v) is 5.38. The van der Waals surface area contributed by atoms with Crippen LogP contribution in [0.15, 0.2) is 67.8 Å². The molecular formula is C22H12Br2N4OS. The fraction of sp³-hybridized carbons (Fsp3) is 0.0455. The summed E-state index contributed by atoms with van der Waals surface area (Å²) in [4.78, 5) is 13.1. The minimum atomic E-state index is -0.630. The van der Waals surface area contributed by atoms with Crippen LogP contribution in [0.3, 0.4) is 0 Å². The number of halogens is 2. The van der Waals surface area contributed by atoms with E-state index in [0.717, 1.165) is 20.1 Å². The van der Waals surface area contributed by atoms with Crippen LogP contribution in [0.25, 0.3) is 17.5 Å². The van der Waals surface area contributed by atoms with Gasteiger partial charge in [0.15, 0.2) is 0 Å². The van der Waals surface area contributed by atoms with Gasteiger partial charge in [0.1, 0.15) is 10.5 Å². The second kappa shape index (κ2) is 8.08. The van der Waals surface area contributed by atoms with E-state index in [9.17, 15) is 15.3 Å². The zero-order valence-electron chi connectivity index (χ0n) is 15.3. The molecule has 2 N–H and O–H groups in total. The van der Waals surface area contributed by atoms with Crippen molar-refractivity contribution < 1.29 is 0 Å². The Morgan fingerprint density at radius 3 is 2.33 bits per heavy atom. The Kier molecular flexibility index (Phi) is 5.48. The van der Waals surface area contributed by atoms with Crippen molar-refractivity contribution in [2.24, 2.45) is 5.73 Å². The average Bonchev–Trinajstić information content (AvgIpc) is 3.04. The third kappa shape index (κ3) is 3.44. The Hall–Kier alpha value is -2.91. The second-order valence-corrected chi connectivity index (χ2v) is 9.40. The molecule has 0 amide bonds. The van der Waals surface area contributed by atoms with Gasteiger partial charge in [0.2, 0.25) is 0 Å². The van der Waals surface area contributed by atoms with E-state index in [0.29, 0.717) is 14.8 Å². The van der Waals surface area contributed by atoms with Crippen molar-refractivity contribution in [1.82, 2.24) is 4.57 Å². The monoisotopic (exact) mass is 538 g/mol. The molecule has 0 fully saturated rings. The summed E-state index contributed by atoms with van der Waals surface area (Å²) in [5, 5.41) is 19.8. The standard InChI is InChI=1S/C22H12Br2N4OS/c23-14-5-1-3-12(7-14)8-18-21(29)28-20(27)16(10-25)19(17(11-26)22(28)30-18)13-4-2-6-15(24)9-13/h1-9,19H,27H2/b18-8-. The van der Waals surface area contributed by atoms with Gasteiger partial charge in [-0.15, -0.1) is 11.3 Å². The molecule has 1 atom stereocenters. The van der Waals surface area contributed by atoms with Crippen molar-refractivity contribution in [3.63, 3.8) is 0 Å². The molecule has 0 bridgehead atoms. The van der Waals surface area contributed by atoms with Gasteiger partial charge in [-0.3, -0.25) is 9.36 Å². The third-order valence-electron chi connectivity index (χ3n) is 4.72. The first-order valence-corrected chi connectivity index (χ1v) is 11.1. The maximum Gasteiger partial charge on any atom is 0.274 e. The lowest BCUT2D eigenvalue weighted by molar-refractivity contribution is 0.906. The molecule has 1 aliphatic heterocycles. The van der Waals surface area contributed by atoms with Gasteiger partial charge < -0.3 is 5.73 Å². The molecule has 1 aliphatic rings. The van der Waals surface area contributed by atoms with E-state index >= 15 is 0 Å². The molecule has 4 rings (SSSR count). The molecule has 0 radical (unpaired) electrons. The Morgan fingerprint density at radius 2 is 1.70 bits per heavy atom. The van der Waals surface area contributed by atoms with Crippen molar-refractivity contribution in [2.75, 3.05) is 0 Å². The van der Waals surface area contributed by atoms with Gasteiger partial charge in [-0.1, -0.05) is 56.1 Å². The SMILES string of the molecule is N#CC1=C(N)n2c(s/c(=C\c3cccc(Br)c3)c2=O)=C(C#N)C1c1cccc(Br)c1. The van der Waals surface area contributed by atoms with Crippen molar-refractivity contribution in [1.29, 1.82) is 10.5 Å². The molecule has 1 unspecified atom stereocenters. The highest BCUT2D eigenvalue weighted by Crippen LogP contribution is 2.36. The highest BCUT2D eigenvalue weighted by atomic mass is 79.9. The van der Waals surface area contributed by atoms with Crippen molar-refractivity contribution in [3.05, 3.63) is 93.7 Å². The third-order valence-corrected chi connectivity index (χ3v) is 6.81. The summed E-state index contributed by atoms with van der Waals surface area (Å²) in [6.07, 6.45) is 1.76. The number of allylic oxidation sites excluding steroid dienone is 1. The summed E-state index contributed by atoms with van der Waals surface area (Å²) < 4.78 is 3.88. The molecule has 3 aromatic rings. The summed E-state index contributed by atoms with van der Waals surface area (Å²) >= 11 is 8.06. The highest BCUT2D eigenvalue weighted by molar-refractivity contribution is 9.10. The maximum atomic E-state index is 13.1. The van der Waals surface area contributed by atoms with Crippen LogP contribution in [0, 0.1) is 22.7 Å². The fourth-order valence-electron chi connectivity index (χ4n) is 3.42. The Labute approximate surface area is 192 Å². The minimum Gasteiger partial charge on any atom is -0.384 e. The quantitative estimate of drug-likeness (QED) is 0.540. The van der Waals surface area contributed by atoms with E-state index in [1.807, 2.05) is 48.5 Å². The van der Waals surface area contributed by atoms with Crippen LogP contribution in [0.1, 0.15) is 17.0 Å². The number of nitrogens with two attached hydrogens (primary N) is 1. The number of benzene rings is 2. The Bertz CT molecular complexity index is 1480. The first-order chi connectivity index (χ1) is 14.4. The number of thiazole rings is 1. The number of rotatable bonds is 2. The van der Waals surface area contributed by atoms with E-state index in [4.69, 9.17) is 5.73 Å². The topological polar surface area (TPSA) is 95.6 Å². The molecule has 2 aromatic carbocycles. The van der Waals surface area contributed by atoms with Gasteiger partial charge in [0.05, 0.1) is 33.7 Å². The molecule has 0 spiro atoms. The van der Waals surface area contributed by atoms with E-state index in [1.165, 1.54) is 15.9 Å². The van der Waals surface area contributed by atoms with Crippen LogP contribution >= 0.6 is 43.2 Å². The van der Waals surface area contributed by atoms with Gasteiger partial charge in [-0.25, -0.2) is 0 Å². The molecule has 0 saturated heterocycles. The van der Waals surface area contributed by atoms with Crippen LogP contribution in [0.5, 0.6) is 0 Å². The number of aromatic nitrogens is 1. The number of hydrogen-bond acceptors (Lipinski definition) is 5. The molecule has 30 heavy (non-hydrogen) atoms. The molecule has 8 heteroatoms. The lowest BCUT2D eigenvalue weighted by Gasteiger charge is -2.22. The Balaban J connectivity index is 2.07. The molecule has 0 aliphatic carbocycles. The predicted octanol–water partition coefficient (Wildman–Crippen LogP) is 3.39. The number of hydrogen-bond donors (Lipinski definition) is 1. The van der Waals surface area contributed by atoms with Crippen LogP contribution in [0.2, 0.25) is 0 Å². The van der Waals surface area contributed by atoms with Crippen LogP contribution in [-0.4, -0.2) is 4.57 Å². The smallest absolute Gasteiger partial charge is 0.274 e. The largest absolute Gasteiger partial charge is 0.384 e. The Morgan fingerprint density at radius 1 is 1.03 bits per heavy atom. The molecule has 2 heterocycles. The normalized spacial score (nSPS) is 16.2. The van der Waals surface area contributed by atoms with E-state index < -0.39 is 5.92 Å². The minimum absolute atomic E-state index is 0.0617. The summed E-state index contributed by atoms with van der Waals surface area (Å²) in [7, 11) is 0. The highest BCUT2D eigenvalue weighted by Gasteiger charge is 2.32. The predicted molar refractivity (Wildman–Crippen MR) is 124 cm³/mol. The zero-order chi connectivity index (χ0) is 21.4.